The maximum atomic E-state index is 12.6. The summed E-state index contributed by atoms with van der Waals surface area (Å²) in [7, 11) is 0. The number of carboxylic acids is 1. The van der Waals surface area contributed by atoms with Gasteiger partial charge in [0.1, 0.15) is 17.9 Å². The minimum absolute atomic E-state index is 0.128. The predicted octanol–water partition coefficient (Wildman–Crippen LogP) is -1.19. The van der Waals surface area contributed by atoms with E-state index < -0.39 is 42.4 Å². The Morgan fingerprint density at radius 1 is 1.23 bits per heavy atom. The van der Waals surface area contributed by atoms with Crippen LogP contribution in [-0.4, -0.2) is 65.9 Å². The van der Waals surface area contributed by atoms with E-state index in [9.17, 15) is 19.8 Å². The first kappa shape index (κ1) is 20.7. The Labute approximate surface area is 175 Å². The number of imidazole rings is 1. The van der Waals surface area contributed by atoms with Crippen LogP contribution >= 0.6 is 0 Å². The maximum absolute atomic E-state index is 12.6. The molecule has 0 aliphatic carbocycles. The van der Waals surface area contributed by atoms with Crippen LogP contribution in [0.4, 0.5) is 5.82 Å². The van der Waals surface area contributed by atoms with Crippen LogP contribution in [0.3, 0.4) is 0 Å². The van der Waals surface area contributed by atoms with Crippen molar-refractivity contribution in [3.05, 3.63) is 48.5 Å². The molecule has 162 valence electrons. The van der Waals surface area contributed by atoms with Crippen molar-refractivity contribution in [3.8, 4) is 0 Å². The molecule has 0 saturated carbocycles. The van der Waals surface area contributed by atoms with Crippen molar-refractivity contribution in [2.24, 2.45) is 5.73 Å². The van der Waals surface area contributed by atoms with E-state index in [4.69, 9.17) is 16.2 Å². The first-order chi connectivity index (χ1) is 14.9. The zero-order valence-corrected chi connectivity index (χ0v) is 16.2. The summed E-state index contributed by atoms with van der Waals surface area (Å²) in [5.41, 5.74) is 13.1. The summed E-state index contributed by atoms with van der Waals surface area (Å²) < 4.78 is 6.91. The Balaban J connectivity index is 1.54. The third-order valence-electron chi connectivity index (χ3n) is 5.12. The van der Waals surface area contributed by atoms with Crippen LogP contribution in [0.25, 0.3) is 11.2 Å². The number of ether oxygens (including phenoxy) is 1. The lowest BCUT2D eigenvalue weighted by atomic mass is 10.0. The summed E-state index contributed by atoms with van der Waals surface area (Å²) >= 11 is 0. The highest BCUT2D eigenvalue weighted by Gasteiger charge is 2.49. The zero-order chi connectivity index (χ0) is 22.1. The van der Waals surface area contributed by atoms with E-state index in [1.807, 2.05) is 30.3 Å². The summed E-state index contributed by atoms with van der Waals surface area (Å²) in [4.78, 5) is 36.4. The molecule has 2 aromatic heterocycles. The molecule has 7 N–H and O–H groups in total. The topological polar surface area (TPSA) is 192 Å². The second-order valence-electron chi connectivity index (χ2n) is 7.19. The first-order valence-corrected chi connectivity index (χ1v) is 9.46. The van der Waals surface area contributed by atoms with Crippen LogP contribution < -0.4 is 16.8 Å². The van der Waals surface area contributed by atoms with Gasteiger partial charge in [-0.05, 0) is 12.0 Å². The number of anilines is 1. The molecular formula is C19H21N7O5. The molecule has 31 heavy (non-hydrogen) atoms. The third-order valence-corrected chi connectivity index (χ3v) is 5.12. The van der Waals surface area contributed by atoms with Gasteiger partial charge in [-0.3, -0.25) is 9.36 Å². The summed E-state index contributed by atoms with van der Waals surface area (Å²) in [6.45, 7) is 0. The van der Waals surface area contributed by atoms with Gasteiger partial charge in [-0.25, -0.2) is 19.7 Å². The molecule has 1 fully saturated rings. The van der Waals surface area contributed by atoms with Gasteiger partial charge in [0.15, 0.2) is 23.8 Å². The molecule has 12 nitrogen and oxygen atoms in total. The number of carbonyl (C=O) groups is 2. The number of carboxylic acid groups (broad SMARTS) is 1. The molecule has 1 aliphatic rings. The number of aliphatic carboxylic acids is 1. The lowest BCUT2D eigenvalue weighted by Gasteiger charge is -2.22. The number of hydrogen-bond acceptors (Lipinski definition) is 9. The van der Waals surface area contributed by atoms with Crippen molar-refractivity contribution < 1.29 is 24.5 Å². The average molecular weight is 427 g/mol. The number of nitrogens with two attached hydrogens (primary N) is 2. The summed E-state index contributed by atoms with van der Waals surface area (Å²) in [6.07, 6.45) is -1.32. The van der Waals surface area contributed by atoms with Gasteiger partial charge in [0.25, 0.3) is 0 Å². The lowest BCUT2D eigenvalue weighted by molar-refractivity contribution is -0.152. The molecule has 1 saturated heterocycles. The van der Waals surface area contributed by atoms with Gasteiger partial charge in [0, 0.05) is 0 Å². The number of amides is 1. The quantitative estimate of drug-likeness (QED) is 0.319. The molecule has 3 aromatic rings. The highest BCUT2D eigenvalue weighted by Crippen LogP contribution is 2.32. The highest BCUT2D eigenvalue weighted by molar-refractivity contribution is 5.84. The fourth-order valence-corrected chi connectivity index (χ4v) is 3.56. The Morgan fingerprint density at radius 3 is 2.68 bits per heavy atom. The minimum atomic E-state index is -1.51. The second kappa shape index (κ2) is 8.26. The van der Waals surface area contributed by atoms with Crippen LogP contribution in [0.1, 0.15) is 11.8 Å². The van der Waals surface area contributed by atoms with Gasteiger partial charge < -0.3 is 31.7 Å². The van der Waals surface area contributed by atoms with Crippen LogP contribution in [0, 0.1) is 0 Å². The van der Waals surface area contributed by atoms with Crippen LogP contribution in [0.5, 0.6) is 0 Å². The van der Waals surface area contributed by atoms with Gasteiger partial charge in [0.2, 0.25) is 5.91 Å². The van der Waals surface area contributed by atoms with Crippen LogP contribution in [-0.2, 0) is 20.7 Å². The van der Waals surface area contributed by atoms with Crippen molar-refractivity contribution >= 4 is 28.9 Å². The number of rotatable bonds is 6. The van der Waals surface area contributed by atoms with E-state index in [0.717, 1.165) is 5.56 Å². The van der Waals surface area contributed by atoms with Gasteiger partial charge >= 0.3 is 5.97 Å². The van der Waals surface area contributed by atoms with Crippen molar-refractivity contribution in [3.63, 3.8) is 0 Å². The monoisotopic (exact) mass is 427 g/mol. The number of fused-ring (bicyclic) bond motifs is 1. The number of carbonyl (C=O) groups excluding carboxylic acids is 1. The first-order valence-electron chi connectivity index (χ1n) is 9.46. The number of benzene rings is 1. The molecule has 1 aliphatic heterocycles. The maximum Gasteiger partial charge on any atom is 0.335 e. The highest BCUT2D eigenvalue weighted by atomic mass is 16.6. The molecule has 5 atom stereocenters. The van der Waals surface area contributed by atoms with Crippen molar-refractivity contribution in [1.29, 1.82) is 0 Å². The number of nitrogens with zero attached hydrogens (tertiary/aromatic N) is 4. The summed E-state index contributed by atoms with van der Waals surface area (Å²) in [5, 5.41) is 22.9. The van der Waals surface area contributed by atoms with Gasteiger partial charge in [0.05, 0.1) is 18.4 Å². The molecule has 0 spiro atoms. The van der Waals surface area contributed by atoms with E-state index in [0.29, 0.717) is 0 Å². The van der Waals surface area contributed by atoms with E-state index in [-0.39, 0.29) is 23.4 Å². The zero-order valence-electron chi connectivity index (χ0n) is 16.2. The number of aliphatic hydroxyl groups is 1. The Kier molecular flexibility index (Phi) is 5.50. The number of nitrogen functional groups attached to an aromatic ring is 1. The number of hydrogen-bond donors (Lipinski definition) is 5. The molecule has 4 rings (SSSR count). The molecular weight excluding hydrogens is 406 g/mol. The Hall–Kier alpha value is -3.61. The molecule has 0 unspecified atom stereocenters. The number of nitrogens with one attached hydrogen (secondary N) is 1. The van der Waals surface area contributed by atoms with E-state index >= 15 is 0 Å². The molecule has 12 heteroatoms. The standard InChI is InChI=1S/C19H21N7O5/c20-10(6-9-4-2-1-3-5-9)17(28)25-11-13(27)18(31-14(11)19(29)30)26-8-24-12-15(21)22-7-23-16(12)26/h1-5,7-8,10-11,13-14,18,27H,6,20H2,(H,25,28)(H,29,30)(H2,21,22,23)/t10-,11-,13+,14-,18-/m0/s1. The molecule has 1 amide bonds. The molecule has 0 bridgehead atoms. The van der Waals surface area contributed by atoms with Crippen LogP contribution in [0.15, 0.2) is 43.0 Å². The second-order valence-corrected chi connectivity index (χ2v) is 7.19. The van der Waals surface area contributed by atoms with Crippen molar-refractivity contribution in [1.82, 2.24) is 24.8 Å². The third kappa shape index (κ3) is 3.91. The lowest BCUT2D eigenvalue weighted by Crippen LogP contribution is -2.54. The normalized spacial score (nSPS) is 24.2. The van der Waals surface area contributed by atoms with Gasteiger partial charge in [-0.2, -0.15) is 0 Å². The largest absolute Gasteiger partial charge is 0.479 e. The van der Waals surface area contributed by atoms with E-state index in [1.165, 1.54) is 17.2 Å². The van der Waals surface area contributed by atoms with E-state index in [2.05, 4.69) is 20.3 Å². The van der Waals surface area contributed by atoms with Crippen LogP contribution in [0.2, 0.25) is 0 Å². The van der Waals surface area contributed by atoms with Crippen molar-refractivity contribution in [2.75, 3.05) is 5.73 Å². The van der Waals surface area contributed by atoms with E-state index in [1.54, 1.807) is 0 Å². The Bertz CT molecular complexity index is 1110. The Morgan fingerprint density at radius 2 is 1.97 bits per heavy atom. The van der Waals surface area contributed by atoms with Gasteiger partial charge in [-0.1, -0.05) is 30.3 Å². The van der Waals surface area contributed by atoms with Crippen molar-refractivity contribution in [2.45, 2.75) is 36.9 Å². The summed E-state index contributed by atoms with van der Waals surface area (Å²) in [5.74, 6) is -1.82. The smallest absolute Gasteiger partial charge is 0.335 e. The SMILES string of the molecule is Nc1ncnc2c1ncn2[C@H]1O[C@H](C(=O)O)[C@@H](NC(=O)[C@@H](N)Cc2ccccc2)[C@H]1O. The van der Waals surface area contributed by atoms with Gasteiger partial charge in [-0.15, -0.1) is 0 Å². The number of aliphatic hydroxyl groups excluding tert-OH is 1. The fraction of sp³-hybridized carbons (Fsp3) is 0.316. The molecule has 1 aromatic carbocycles. The number of aromatic nitrogens is 4. The predicted molar refractivity (Wildman–Crippen MR) is 107 cm³/mol. The average Bonchev–Trinajstić information content (AvgIpc) is 3.31. The molecule has 0 radical (unpaired) electrons. The molecule has 3 heterocycles. The fourth-order valence-electron chi connectivity index (χ4n) is 3.56. The summed E-state index contributed by atoms with van der Waals surface area (Å²) in [6, 6.07) is 6.97. The minimum Gasteiger partial charge on any atom is -0.479 e.